The predicted octanol–water partition coefficient (Wildman–Crippen LogP) is 8.23. The molecule has 0 fully saturated rings. The van der Waals surface area contributed by atoms with Gasteiger partial charge in [-0.25, -0.2) is 0 Å². The van der Waals surface area contributed by atoms with Crippen molar-refractivity contribution in [1.82, 2.24) is 0 Å². The van der Waals surface area contributed by atoms with Crippen LogP contribution in [0.25, 0.3) is 0 Å². The van der Waals surface area contributed by atoms with E-state index in [9.17, 15) is 0 Å². The molecule has 30 heavy (non-hydrogen) atoms. The molecule has 0 amide bonds. The molecule has 0 heteroatoms. The Morgan fingerprint density at radius 3 is 0.367 bits per heavy atom. The number of hydrogen-bond acceptors (Lipinski definition) is 0. The van der Waals surface area contributed by atoms with Gasteiger partial charge in [0.05, 0.1) is 0 Å². The molecule has 0 aliphatic heterocycles. The lowest BCUT2D eigenvalue weighted by Gasteiger charge is -2.24. The highest BCUT2D eigenvalue weighted by molar-refractivity contribution is 5.53. The second-order valence-corrected chi connectivity index (χ2v) is 9.42. The van der Waals surface area contributed by atoms with Crippen molar-refractivity contribution in [2.24, 2.45) is 0 Å². The minimum Gasteiger partial charge on any atom is -0.0585 e. The van der Waals surface area contributed by atoms with Gasteiger partial charge in [-0.05, 0) is 120 Å². The minimum atomic E-state index is 1.20. The lowest BCUT2D eigenvalue weighted by atomic mass is 9.81. The number of rotatable bonds is 0. The van der Waals surface area contributed by atoms with Crippen molar-refractivity contribution in [3.8, 4) is 0 Å². The van der Waals surface area contributed by atoms with Gasteiger partial charge in [0.2, 0.25) is 0 Å². The van der Waals surface area contributed by atoms with E-state index in [0.29, 0.717) is 0 Å². The third kappa shape index (κ3) is 3.33. The molecule has 18 rings (SSSR count). The lowest BCUT2D eigenvalue weighted by Crippen LogP contribution is -2.05. The first kappa shape index (κ1) is 18.2. The van der Waals surface area contributed by atoms with E-state index in [2.05, 4.69) is 60.8 Å². The Hall–Kier alpha value is -2.60. The summed E-state index contributed by atoms with van der Waals surface area (Å²) < 4.78 is 0. The molecule has 0 radical (unpaired) electrons. The first-order chi connectivity index (χ1) is 14.8. The van der Waals surface area contributed by atoms with Crippen LogP contribution in [0.1, 0.15) is 64.2 Å². The summed E-state index contributed by atoms with van der Waals surface area (Å²) in [4.78, 5) is 0. The molecular formula is C30H30. The molecule has 0 aromatic rings. The molecule has 0 atom stereocenters. The molecule has 18 aliphatic carbocycles. The molecule has 0 aromatic heterocycles. The van der Waals surface area contributed by atoms with E-state index in [1.165, 1.54) is 64.2 Å². The van der Waals surface area contributed by atoms with E-state index < -0.39 is 0 Å². The molecule has 10 bridgehead atoms. The monoisotopic (exact) mass is 390 g/mol. The van der Waals surface area contributed by atoms with Crippen LogP contribution in [-0.2, 0) is 0 Å². The van der Waals surface area contributed by atoms with E-state index in [4.69, 9.17) is 0 Å². The maximum absolute atomic E-state index is 2.41. The summed E-state index contributed by atoms with van der Waals surface area (Å²) in [6, 6.07) is 0. The third-order valence-corrected chi connectivity index (χ3v) is 7.81. The second kappa shape index (κ2) is 7.58. The zero-order valence-corrected chi connectivity index (χ0v) is 17.8. The van der Waals surface area contributed by atoms with Gasteiger partial charge in [0.1, 0.15) is 0 Å². The Kier molecular flexibility index (Phi) is 4.60. The van der Waals surface area contributed by atoms with Crippen molar-refractivity contribution < 1.29 is 0 Å². The fraction of sp³-hybridized carbons (Fsp3) is 0.333. The van der Waals surface area contributed by atoms with Crippen LogP contribution >= 0.6 is 0 Å². The molecule has 150 valence electrons. The van der Waals surface area contributed by atoms with Gasteiger partial charge in [-0.15, -0.1) is 0 Å². The lowest BCUT2D eigenvalue weighted by molar-refractivity contribution is 0.826. The van der Waals surface area contributed by atoms with E-state index >= 15 is 0 Å². The zero-order valence-electron chi connectivity index (χ0n) is 17.8. The van der Waals surface area contributed by atoms with Crippen LogP contribution < -0.4 is 0 Å². The Labute approximate surface area is 180 Å². The van der Waals surface area contributed by atoms with Gasteiger partial charge >= 0.3 is 0 Å². The topological polar surface area (TPSA) is 0 Å². The van der Waals surface area contributed by atoms with Gasteiger partial charge in [0.25, 0.3) is 0 Å². The van der Waals surface area contributed by atoms with Crippen molar-refractivity contribution in [2.45, 2.75) is 64.2 Å². The Balaban J connectivity index is 1.48. The first-order valence-electron chi connectivity index (χ1n) is 11.8. The maximum Gasteiger partial charge on any atom is -0.0235 e. The quantitative estimate of drug-likeness (QED) is 0.391. The van der Waals surface area contributed by atoms with Crippen molar-refractivity contribution in [1.29, 1.82) is 0 Å². The highest BCUT2D eigenvalue weighted by Gasteiger charge is 2.19. The maximum atomic E-state index is 2.41. The number of allylic oxidation sites excluding steroid dienone is 20. The number of hydrogen-bond donors (Lipinski definition) is 0. The highest BCUT2D eigenvalue weighted by Crippen LogP contribution is 2.38. The van der Waals surface area contributed by atoms with Crippen molar-refractivity contribution in [3.05, 3.63) is 116 Å². The van der Waals surface area contributed by atoms with Crippen molar-refractivity contribution in [3.63, 3.8) is 0 Å². The summed E-state index contributed by atoms with van der Waals surface area (Å²) in [6.07, 6.45) is 36.1. The van der Waals surface area contributed by atoms with Crippen molar-refractivity contribution in [2.75, 3.05) is 0 Å². The molecule has 0 unspecified atom stereocenters. The molecule has 0 nitrogen and oxygen atoms in total. The molecule has 0 saturated heterocycles. The van der Waals surface area contributed by atoms with Crippen LogP contribution in [-0.4, -0.2) is 0 Å². The van der Waals surface area contributed by atoms with Gasteiger partial charge < -0.3 is 0 Å². The van der Waals surface area contributed by atoms with E-state index in [1.807, 2.05) is 0 Å². The van der Waals surface area contributed by atoms with Gasteiger partial charge in [-0.2, -0.15) is 0 Å². The van der Waals surface area contributed by atoms with Crippen LogP contribution in [0.2, 0.25) is 0 Å². The Morgan fingerprint density at radius 2 is 0.300 bits per heavy atom. The van der Waals surface area contributed by atoms with Crippen LogP contribution in [0.3, 0.4) is 0 Å². The third-order valence-electron chi connectivity index (χ3n) is 7.81. The smallest absolute Gasteiger partial charge is 0.0235 e. The summed E-state index contributed by atoms with van der Waals surface area (Å²) >= 11 is 0. The fourth-order valence-corrected chi connectivity index (χ4v) is 5.86. The fourth-order valence-electron chi connectivity index (χ4n) is 5.86. The van der Waals surface area contributed by atoms with Gasteiger partial charge in [-0.1, -0.05) is 60.8 Å². The SMILES string of the molecule is C1=CC2=C3C=CC(=C4C=CC(=C5C=CC(=C6C=CC(=C1CC2)CC6)CC5)CC4)CC3. The van der Waals surface area contributed by atoms with E-state index in [-0.39, 0.29) is 0 Å². The van der Waals surface area contributed by atoms with E-state index in [1.54, 1.807) is 55.7 Å². The molecular weight excluding hydrogens is 360 g/mol. The Bertz CT molecular complexity index is 820. The summed E-state index contributed by atoms with van der Waals surface area (Å²) in [5.74, 6) is 0. The van der Waals surface area contributed by atoms with Gasteiger partial charge in [0, 0.05) is 0 Å². The van der Waals surface area contributed by atoms with Crippen LogP contribution in [0.5, 0.6) is 0 Å². The second-order valence-electron chi connectivity index (χ2n) is 9.42. The normalized spacial score (nSPS) is 25.3. The minimum absolute atomic E-state index is 1.20. The largest absolute Gasteiger partial charge is 0.0585 e. The first-order valence-corrected chi connectivity index (χ1v) is 11.8. The molecule has 0 spiro atoms. The molecule has 0 heterocycles. The van der Waals surface area contributed by atoms with Gasteiger partial charge in [0.15, 0.2) is 0 Å². The molecule has 0 N–H and O–H groups in total. The standard InChI is InChI=1S/C30H30/c1-2-22-4-3-21(1)23-5-7-25(8-6-23)27-13-15-29(16-14-27)30-19-17-28(18-20-30)26-11-9-24(22)10-12-26/h1-2,5,7,9,11,13,15,17,19H,3-4,6,8,10,12,14,16,18,20H2. The molecule has 0 saturated carbocycles. The summed E-state index contributed by atoms with van der Waals surface area (Å²) in [7, 11) is 0. The summed E-state index contributed by atoms with van der Waals surface area (Å²) in [5, 5.41) is 0. The highest BCUT2D eigenvalue weighted by atomic mass is 14.2. The predicted molar refractivity (Wildman–Crippen MR) is 127 cm³/mol. The zero-order chi connectivity index (χ0) is 19.9. The summed E-state index contributed by atoms with van der Waals surface area (Å²) in [6.45, 7) is 0. The van der Waals surface area contributed by atoms with E-state index in [0.717, 1.165) is 0 Å². The van der Waals surface area contributed by atoms with Crippen LogP contribution in [0.15, 0.2) is 116 Å². The molecule has 18 aliphatic rings. The van der Waals surface area contributed by atoms with Crippen LogP contribution in [0.4, 0.5) is 0 Å². The average Bonchev–Trinajstić information content (AvgIpc) is 2.84. The molecule has 0 aromatic carbocycles. The summed E-state index contributed by atoms with van der Waals surface area (Å²) in [5.41, 5.74) is 15.6. The van der Waals surface area contributed by atoms with Gasteiger partial charge in [-0.3, -0.25) is 0 Å². The van der Waals surface area contributed by atoms with Crippen LogP contribution in [0, 0.1) is 0 Å². The average molecular weight is 391 g/mol. The van der Waals surface area contributed by atoms with Crippen molar-refractivity contribution >= 4 is 0 Å². The Morgan fingerprint density at radius 1 is 0.200 bits per heavy atom.